The van der Waals surface area contributed by atoms with Gasteiger partial charge in [-0.05, 0) is 76.0 Å². The number of aryl methyl sites for hydroxylation is 1. The van der Waals surface area contributed by atoms with Crippen molar-refractivity contribution in [3.05, 3.63) is 42.0 Å². The molecule has 3 aliphatic carbocycles. The SMILES string of the molecule is Cc1cccc(NC(=O)O[C@@H]2C[C@H]3C(=O)N[C@]4(C(=O)NS(=O)(=O)C5CC5)C[C@H]4C=CCCCCN(C)C(=O)[C@@H]3C2)c1. The lowest BCUT2D eigenvalue weighted by Crippen LogP contribution is -2.54. The molecule has 11 nitrogen and oxygen atoms in total. The highest BCUT2D eigenvalue weighted by molar-refractivity contribution is 7.91. The summed E-state index contributed by atoms with van der Waals surface area (Å²) in [4.78, 5) is 54.8. The van der Waals surface area contributed by atoms with Crippen molar-refractivity contribution in [1.82, 2.24) is 14.9 Å². The maximum absolute atomic E-state index is 13.7. The largest absolute Gasteiger partial charge is 0.446 e. The zero-order valence-electron chi connectivity index (χ0n) is 23.4. The van der Waals surface area contributed by atoms with Crippen molar-refractivity contribution >= 4 is 39.5 Å². The Bertz CT molecular complexity index is 1360. The molecule has 0 aromatic heterocycles. The van der Waals surface area contributed by atoms with Crippen LogP contribution in [0.1, 0.15) is 56.9 Å². The number of sulfonamides is 1. The highest BCUT2D eigenvalue weighted by Crippen LogP contribution is 2.47. The fourth-order valence-corrected chi connectivity index (χ4v) is 7.28. The van der Waals surface area contributed by atoms with E-state index in [2.05, 4.69) is 15.4 Å². The van der Waals surface area contributed by atoms with Crippen molar-refractivity contribution in [1.29, 1.82) is 0 Å². The molecular formula is C29H38N4O7S. The van der Waals surface area contributed by atoms with Crippen LogP contribution in [0, 0.1) is 24.7 Å². The monoisotopic (exact) mass is 586 g/mol. The molecule has 5 atom stereocenters. The molecule has 222 valence electrons. The van der Waals surface area contributed by atoms with Gasteiger partial charge < -0.3 is 15.0 Å². The summed E-state index contributed by atoms with van der Waals surface area (Å²) >= 11 is 0. The van der Waals surface area contributed by atoms with Crippen molar-refractivity contribution in [2.75, 3.05) is 18.9 Å². The van der Waals surface area contributed by atoms with Crippen molar-refractivity contribution in [2.45, 2.75) is 75.2 Å². The third-order valence-corrected chi connectivity index (χ3v) is 10.4. The van der Waals surface area contributed by atoms with Gasteiger partial charge in [0, 0.05) is 25.2 Å². The Morgan fingerprint density at radius 2 is 1.88 bits per heavy atom. The van der Waals surface area contributed by atoms with Gasteiger partial charge in [-0.25, -0.2) is 13.2 Å². The minimum Gasteiger partial charge on any atom is -0.446 e. The third kappa shape index (κ3) is 6.58. The van der Waals surface area contributed by atoms with Crippen LogP contribution in [0.5, 0.6) is 0 Å². The number of nitrogens with zero attached hydrogens (tertiary/aromatic N) is 1. The van der Waals surface area contributed by atoms with Crippen LogP contribution >= 0.6 is 0 Å². The summed E-state index contributed by atoms with van der Waals surface area (Å²) in [6.45, 7) is 2.44. The molecule has 1 heterocycles. The molecule has 1 aliphatic heterocycles. The van der Waals surface area contributed by atoms with E-state index in [1.165, 1.54) is 0 Å². The number of rotatable bonds is 5. The molecule has 3 N–H and O–H groups in total. The summed E-state index contributed by atoms with van der Waals surface area (Å²) in [5, 5.41) is 4.95. The van der Waals surface area contributed by atoms with Gasteiger partial charge in [0.1, 0.15) is 11.6 Å². The minimum atomic E-state index is -3.81. The van der Waals surface area contributed by atoms with E-state index >= 15 is 0 Å². The smallest absolute Gasteiger partial charge is 0.411 e. The molecule has 0 saturated heterocycles. The van der Waals surface area contributed by atoms with Gasteiger partial charge in [-0.3, -0.25) is 24.4 Å². The molecule has 0 bridgehead atoms. The van der Waals surface area contributed by atoms with Crippen molar-refractivity contribution < 1.29 is 32.3 Å². The lowest BCUT2D eigenvalue weighted by molar-refractivity contribution is -0.140. The quantitative estimate of drug-likeness (QED) is 0.449. The predicted molar refractivity (Wildman–Crippen MR) is 151 cm³/mol. The summed E-state index contributed by atoms with van der Waals surface area (Å²) in [6.07, 6.45) is 6.34. The Hall–Kier alpha value is -3.41. The normalized spacial score (nSPS) is 30.3. The average molecular weight is 587 g/mol. The predicted octanol–water partition coefficient (Wildman–Crippen LogP) is 2.62. The van der Waals surface area contributed by atoms with Gasteiger partial charge in [-0.15, -0.1) is 0 Å². The fourth-order valence-electron chi connectivity index (χ4n) is 5.91. The Morgan fingerprint density at radius 1 is 1.12 bits per heavy atom. The van der Waals surface area contributed by atoms with E-state index in [1.807, 2.05) is 31.2 Å². The van der Waals surface area contributed by atoms with Gasteiger partial charge in [0.25, 0.3) is 5.91 Å². The Balaban J connectivity index is 1.34. The molecule has 12 heteroatoms. The topological polar surface area (TPSA) is 151 Å². The first-order chi connectivity index (χ1) is 19.5. The molecule has 0 unspecified atom stereocenters. The second kappa shape index (κ2) is 11.5. The van der Waals surface area contributed by atoms with Crippen LogP contribution < -0.4 is 15.4 Å². The first-order valence-electron chi connectivity index (χ1n) is 14.3. The fraction of sp³-hybridized carbons (Fsp3) is 0.586. The van der Waals surface area contributed by atoms with E-state index in [4.69, 9.17) is 4.74 Å². The maximum atomic E-state index is 13.7. The van der Waals surface area contributed by atoms with Gasteiger partial charge in [0.2, 0.25) is 21.8 Å². The Kier molecular flexibility index (Phi) is 8.13. The molecule has 4 aliphatic rings. The number of nitrogens with one attached hydrogen (secondary N) is 3. The average Bonchev–Trinajstić information content (AvgIpc) is 3.82. The first kappa shape index (κ1) is 29.1. The number of benzene rings is 1. The van der Waals surface area contributed by atoms with Gasteiger partial charge in [0.15, 0.2) is 0 Å². The van der Waals surface area contributed by atoms with E-state index in [0.717, 1.165) is 24.8 Å². The van der Waals surface area contributed by atoms with Crippen LogP contribution in [-0.2, 0) is 29.1 Å². The van der Waals surface area contributed by atoms with Crippen LogP contribution in [0.15, 0.2) is 36.4 Å². The Morgan fingerprint density at radius 3 is 2.61 bits per heavy atom. The lowest BCUT2D eigenvalue weighted by Gasteiger charge is -2.26. The molecule has 0 radical (unpaired) electrons. The van der Waals surface area contributed by atoms with E-state index < -0.39 is 56.7 Å². The van der Waals surface area contributed by atoms with Gasteiger partial charge in [0.05, 0.1) is 17.1 Å². The zero-order valence-corrected chi connectivity index (χ0v) is 24.2. The standard InChI is InChI=1S/C29H38N4O7S/c1-18-8-7-10-20(14-18)30-28(37)40-21-15-23-24(16-21)26(35)33(2)13-6-4-3-5-9-19-17-29(19,31-25(23)34)27(36)32-41(38,39)22-11-12-22/h5,7-10,14,19,21-24H,3-4,6,11-13,15-17H2,1-2H3,(H,30,37)(H,31,34)(H,32,36)/t19-,21-,23-,24-,29-/m1/s1. The van der Waals surface area contributed by atoms with Crippen LogP contribution in [0.4, 0.5) is 10.5 Å². The van der Waals surface area contributed by atoms with Crippen LogP contribution in [-0.4, -0.2) is 67.6 Å². The van der Waals surface area contributed by atoms with E-state index in [0.29, 0.717) is 25.1 Å². The molecular weight excluding hydrogens is 548 g/mol. The number of carbonyl (C=O) groups excluding carboxylic acids is 4. The van der Waals surface area contributed by atoms with Gasteiger partial charge >= 0.3 is 6.09 Å². The second-order valence-corrected chi connectivity index (χ2v) is 13.8. The number of carbonyl (C=O) groups is 4. The first-order valence-corrected chi connectivity index (χ1v) is 15.9. The number of ether oxygens (including phenoxy) is 1. The molecule has 4 amide bonds. The van der Waals surface area contributed by atoms with Gasteiger partial charge in [-0.2, -0.15) is 0 Å². The molecule has 41 heavy (non-hydrogen) atoms. The Labute approximate surface area is 240 Å². The summed E-state index contributed by atoms with van der Waals surface area (Å²) in [5.41, 5.74) is 0.136. The number of allylic oxidation sites excluding steroid dienone is 1. The zero-order chi connectivity index (χ0) is 29.4. The third-order valence-electron chi connectivity index (χ3n) is 8.53. The summed E-state index contributed by atoms with van der Waals surface area (Å²) in [6, 6.07) is 7.25. The van der Waals surface area contributed by atoms with E-state index in [1.54, 1.807) is 24.1 Å². The maximum Gasteiger partial charge on any atom is 0.411 e. The summed E-state index contributed by atoms with van der Waals surface area (Å²) < 4.78 is 32.9. The summed E-state index contributed by atoms with van der Waals surface area (Å²) in [7, 11) is -2.11. The van der Waals surface area contributed by atoms with Crippen molar-refractivity contribution in [3.8, 4) is 0 Å². The molecule has 3 saturated carbocycles. The van der Waals surface area contributed by atoms with E-state index in [9.17, 15) is 27.6 Å². The highest BCUT2D eigenvalue weighted by atomic mass is 32.2. The molecule has 1 aromatic rings. The van der Waals surface area contributed by atoms with Crippen LogP contribution in [0.25, 0.3) is 0 Å². The number of hydrogen-bond donors (Lipinski definition) is 3. The van der Waals surface area contributed by atoms with Crippen LogP contribution in [0.3, 0.4) is 0 Å². The van der Waals surface area contributed by atoms with Crippen molar-refractivity contribution in [3.63, 3.8) is 0 Å². The van der Waals surface area contributed by atoms with Crippen molar-refractivity contribution in [2.24, 2.45) is 17.8 Å². The second-order valence-electron chi connectivity index (χ2n) is 11.8. The number of amides is 4. The lowest BCUT2D eigenvalue weighted by atomic mass is 9.93. The number of hydrogen-bond acceptors (Lipinski definition) is 7. The highest BCUT2D eigenvalue weighted by Gasteiger charge is 2.62. The number of anilines is 1. The summed E-state index contributed by atoms with van der Waals surface area (Å²) in [5.74, 6) is -3.43. The molecule has 3 fully saturated rings. The van der Waals surface area contributed by atoms with Crippen LogP contribution in [0.2, 0.25) is 0 Å². The molecule has 5 rings (SSSR count). The number of fused-ring (bicyclic) bond motifs is 2. The van der Waals surface area contributed by atoms with E-state index in [-0.39, 0.29) is 31.1 Å². The molecule has 1 aromatic carbocycles. The van der Waals surface area contributed by atoms with Gasteiger partial charge in [-0.1, -0.05) is 24.3 Å². The minimum absolute atomic E-state index is 0.107. The molecule has 0 spiro atoms.